The zero-order valence-corrected chi connectivity index (χ0v) is 8.23. The fourth-order valence-electron chi connectivity index (χ4n) is 3.57. The quantitative estimate of drug-likeness (QED) is 0.631. The first-order valence-corrected chi connectivity index (χ1v) is 5.27. The van der Waals surface area contributed by atoms with E-state index < -0.39 is 6.16 Å². The van der Waals surface area contributed by atoms with Crippen LogP contribution in [-0.4, -0.2) is 32.0 Å². The summed E-state index contributed by atoms with van der Waals surface area (Å²) in [6.45, 7) is 1.10. The van der Waals surface area contributed by atoms with Crippen LogP contribution < -0.4 is 5.32 Å². The van der Waals surface area contributed by atoms with Crippen molar-refractivity contribution in [2.24, 2.45) is 17.8 Å². The van der Waals surface area contributed by atoms with Crippen LogP contribution in [0.25, 0.3) is 0 Å². The zero-order chi connectivity index (χ0) is 9.71. The van der Waals surface area contributed by atoms with E-state index in [1.54, 1.807) is 0 Å². The number of hydrogen-bond acceptors (Lipinski definition) is 4. The van der Waals surface area contributed by atoms with Crippen molar-refractivity contribution in [1.29, 1.82) is 0 Å². The molecule has 0 aromatic heterocycles. The molecular weight excluding hydrogens is 182 g/mol. The number of ether oxygens (including phenoxy) is 2. The minimum atomic E-state index is -0.534. The second-order valence-electron chi connectivity index (χ2n) is 4.63. The number of methoxy groups -OCH3 is 1. The number of hydrogen-bond donors (Lipinski definition) is 1. The highest BCUT2D eigenvalue weighted by Crippen LogP contribution is 2.52. The molecule has 1 saturated heterocycles. The molecule has 4 nitrogen and oxygen atoms in total. The van der Waals surface area contributed by atoms with Crippen molar-refractivity contribution in [2.45, 2.75) is 25.0 Å². The molecule has 3 aliphatic rings. The van der Waals surface area contributed by atoms with Gasteiger partial charge in [-0.2, -0.15) is 0 Å². The van der Waals surface area contributed by atoms with Crippen molar-refractivity contribution in [3.63, 3.8) is 0 Å². The molecule has 0 radical (unpaired) electrons. The molecule has 0 aromatic rings. The van der Waals surface area contributed by atoms with E-state index in [0.29, 0.717) is 12.0 Å². The van der Waals surface area contributed by atoms with E-state index >= 15 is 0 Å². The Bertz CT molecular complexity index is 266. The summed E-state index contributed by atoms with van der Waals surface area (Å²) in [5, 5.41) is 3.46. The van der Waals surface area contributed by atoms with E-state index in [0.717, 1.165) is 18.4 Å². The van der Waals surface area contributed by atoms with Gasteiger partial charge in [0.05, 0.1) is 7.11 Å². The molecule has 0 spiro atoms. The van der Waals surface area contributed by atoms with E-state index in [4.69, 9.17) is 4.74 Å². The van der Waals surface area contributed by atoms with Crippen molar-refractivity contribution >= 4 is 6.16 Å². The van der Waals surface area contributed by atoms with E-state index in [2.05, 4.69) is 10.1 Å². The van der Waals surface area contributed by atoms with Crippen molar-refractivity contribution in [2.75, 3.05) is 13.7 Å². The SMILES string of the molecule is COC(=O)OC1C2CC3CNC1C3C2. The molecule has 4 heteroatoms. The van der Waals surface area contributed by atoms with Gasteiger partial charge in [0.1, 0.15) is 6.10 Å². The number of rotatable bonds is 1. The maximum absolute atomic E-state index is 11.0. The average molecular weight is 197 g/mol. The predicted octanol–water partition coefficient (Wildman–Crippen LogP) is 0.766. The lowest BCUT2D eigenvalue weighted by molar-refractivity contribution is 0.00628. The first-order chi connectivity index (χ1) is 6.79. The maximum atomic E-state index is 11.0. The van der Waals surface area contributed by atoms with E-state index in [9.17, 15) is 4.79 Å². The molecule has 5 unspecified atom stereocenters. The summed E-state index contributed by atoms with van der Waals surface area (Å²) < 4.78 is 9.84. The number of carbonyl (C=O) groups excluding carboxylic acids is 1. The zero-order valence-electron chi connectivity index (χ0n) is 8.23. The average Bonchev–Trinajstić information content (AvgIpc) is 2.76. The molecule has 3 rings (SSSR count). The summed E-state index contributed by atoms with van der Waals surface area (Å²) in [5.41, 5.74) is 0. The highest BCUT2D eigenvalue weighted by molar-refractivity contribution is 5.60. The molecule has 1 aliphatic heterocycles. The highest BCUT2D eigenvalue weighted by atomic mass is 16.7. The first-order valence-electron chi connectivity index (χ1n) is 5.27. The first kappa shape index (κ1) is 8.53. The Kier molecular flexibility index (Phi) is 1.74. The van der Waals surface area contributed by atoms with Gasteiger partial charge in [-0.15, -0.1) is 0 Å². The second kappa shape index (κ2) is 2.86. The molecule has 14 heavy (non-hydrogen) atoms. The lowest BCUT2D eigenvalue weighted by Gasteiger charge is -2.26. The molecule has 5 atom stereocenters. The van der Waals surface area contributed by atoms with E-state index in [1.807, 2.05) is 0 Å². The Balaban J connectivity index is 1.73. The normalized spacial score (nSPS) is 48.2. The van der Waals surface area contributed by atoms with Crippen LogP contribution in [-0.2, 0) is 9.47 Å². The molecule has 78 valence electrons. The van der Waals surface area contributed by atoms with Crippen LogP contribution in [0, 0.1) is 17.8 Å². The second-order valence-corrected chi connectivity index (χ2v) is 4.63. The van der Waals surface area contributed by atoms with Gasteiger partial charge >= 0.3 is 6.16 Å². The summed E-state index contributed by atoms with van der Waals surface area (Å²) in [4.78, 5) is 11.0. The lowest BCUT2D eigenvalue weighted by Crippen LogP contribution is -2.40. The van der Waals surface area contributed by atoms with E-state index in [-0.39, 0.29) is 6.10 Å². The minimum absolute atomic E-state index is 0.0613. The van der Waals surface area contributed by atoms with Crippen LogP contribution in [0.15, 0.2) is 0 Å². The molecule has 0 aromatic carbocycles. The van der Waals surface area contributed by atoms with Crippen molar-refractivity contribution in [3.05, 3.63) is 0 Å². The van der Waals surface area contributed by atoms with Crippen LogP contribution in [0.5, 0.6) is 0 Å². The van der Waals surface area contributed by atoms with Gasteiger partial charge < -0.3 is 14.8 Å². The third-order valence-corrected chi connectivity index (χ3v) is 4.08. The minimum Gasteiger partial charge on any atom is -0.438 e. The number of carbonyl (C=O) groups is 1. The van der Waals surface area contributed by atoms with Crippen LogP contribution in [0.1, 0.15) is 12.8 Å². The third-order valence-electron chi connectivity index (χ3n) is 4.08. The molecule has 3 fully saturated rings. The van der Waals surface area contributed by atoms with Crippen molar-refractivity contribution in [1.82, 2.24) is 5.32 Å². The molecule has 1 heterocycles. The fourth-order valence-corrected chi connectivity index (χ4v) is 3.57. The summed E-state index contributed by atoms with van der Waals surface area (Å²) in [7, 11) is 1.36. The predicted molar refractivity (Wildman–Crippen MR) is 48.8 cm³/mol. The summed E-state index contributed by atoms with van der Waals surface area (Å²) >= 11 is 0. The number of nitrogens with one attached hydrogen (secondary N) is 1. The summed E-state index contributed by atoms with van der Waals surface area (Å²) in [6, 6.07) is 0.401. The monoisotopic (exact) mass is 197 g/mol. The van der Waals surface area contributed by atoms with Gasteiger partial charge in [-0.05, 0) is 37.1 Å². The van der Waals surface area contributed by atoms with Gasteiger partial charge in [-0.1, -0.05) is 0 Å². The van der Waals surface area contributed by atoms with Crippen LogP contribution in [0.2, 0.25) is 0 Å². The summed E-state index contributed by atoms with van der Waals surface area (Å²) in [6.07, 6.45) is 1.97. The standard InChI is InChI=1S/C10H15NO3/c1-13-10(12)14-9-5-2-6-4-11-8(9)7(6)3-5/h5-9,11H,2-4H2,1H3. The van der Waals surface area contributed by atoms with Gasteiger partial charge in [-0.25, -0.2) is 4.79 Å². The van der Waals surface area contributed by atoms with Gasteiger partial charge in [0.2, 0.25) is 0 Å². The van der Waals surface area contributed by atoms with E-state index in [1.165, 1.54) is 20.0 Å². The Hall–Kier alpha value is -0.770. The van der Waals surface area contributed by atoms with Gasteiger partial charge in [0.15, 0.2) is 0 Å². The van der Waals surface area contributed by atoms with Crippen molar-refractivity contribution in [3.8, 4) is 0 Å². The topological polar surface area (TPSA) is 47.6 Å². The smallest absolute Gasteiger partial charge is 0.438 e. The Morgan fingerprint density at radius 2 is 2.21 bits per heavy atom. The van der Waals surface area contributed by atoms with Gasteiger partial charge in [0.25, 0.3) is 0 Å². The Labute approximate surface area is 82.9 Å². The van der Waals surface area contributed by atoms with Crippen molar-refractivity contribution < 1.29 is 14.3 Å². The summed E-state index contributed by atoms with van der Waals surface area (Å²) in [5.74, 6) is 2.15. The molecule has 1 N–H and O–H groups in total. The van der Waals surface area contributed by atoms with Gasteiger partial charge in [-0.3, -0.25) is 0 Å². The maximum Gasteiger partial charge on any atom is 0.508 e. The fraction of sp³-hybridized carbons (Fsp3) is 0.900. The highest BCUT2D eigenvalue weighted by Gasteiger charge is 2.57. The Morgan fingerprint density at radius 1 is 1.36 bits per heavy atom. The third kappa shape index (κ3) is 1.00. The van der Waals surface area contributed by atoms with Crippen LogP contribution >= 0.6 is 0 Å². The molecule has 2 saturated carbocycles. The molecule has 2 aliphatic carbocycles. The largest absolute Gasteiger partial charge is 0.508 e. The number of fused-ring (bicyclic) bond motifs is 1. The lowest BCUT2D eigenvalue weighted by atomic mass is 9.88. The van der Waals surface area contributed by atoms with Crippen LogP contribution in [0.4, 0.5) is 4.79 Å². The molecule has 2 bridgehead atoms. The van der Waals surface area contributed by atoms with Crippen LogP contribution in [0.3, 0.4) is 0 Å². The Morgan fingerprint density at radius 3 is 3.00 bits per heavy atom. The molecular formula is C10H15NO3. The van der Waals surface area contributed by atoms with Gasteiger partial charge in [0, 0.05) is 6.04 Å². The molecule has 0 amide bonds.